The van der Waals surface area contributed by atoms with Crippen LogP contribution in [0.25, 0.3) is 0 Å². The van der Waals surface area contributed by atoms with Crippen molar-refractivity contribution in [2.24, 2.45) is 0 Å². The van der Waals surface area contributed by atoms with Gasteiger partial charge in [0.2, 0.25) is 0 Å². The van der Waals surface area contributed by atoms with Crippen LogP contribution in [0.1, 0.15) is 36.7 Å². The quantitative estimate of drug-likeness (QED) is 0.688. The molecule has 0 atom stereocenters. The number of carbonyl (C=O) groups is 1. The number of hydrogen-bond acceptors (Lipinski definition) is 2. The number of carbonyl (C=O) groups excluding carboxylic acids is 1. The summed E-state index contributed by atoms with van der Waals surface area (Å²) >= 11 is 0. The minimum atomic E-state index is 0.0716. The molecule has 0 aromatic heterocycles. The van der Waals surface area contributed by atoms with E-state index in [1.165, 1.54) is 0 Å². The second kappa shape index (κ2) is 4.27. The maximum Gasteiger partial charge on any atom is 0.159 e. The zero-order valence-corrected chi connectivity index (χ0v) is 9.13. The minimum absolute atomic E-state index is 0.0716. The highest BCUT2D eigenvalue weighted by molar-refractivity contribution is 5.94. The summed E-state index contributed by atoms with van der Waals surface area (Å²) in [6.45, 7) is 7.46. The number of aryl methyl sites for hydroxylation is 1. The minimum Gasteiger partial charge on any atom is -0.491 e. The first-order chi connectivity index (χ1) is 6.49. The van der Waals surface area contributed by atoms with E-state index >= 15 is 0 Å². The van der Waals surface area contributed by atoms with Gasteiger partial charge in [-0.1, -0.05) is 0 Å². The Morgan fingerprint density at radius 2 is 1.93 bits per heavy atom. The average Bonchev–Trinajstić information content (AvgIpc) is 2.01. The van der Waals surface area contributed by atoms with Crippen LogP contribution in [0.4, 0.5) is 0 Å². The Labute approximate surface area is 84.9 Å². The first-order valence-electron chi connectivity index (χ1n) is 4.78. The molecule has 0 aliphatic heterocycles. The third-order valence-electron chi connectivity index (χ3n) is 1.83. The van der Waals surface area contributed by atoms with Crippen LogP contribution in [-0.4, -0.2) is 11.9 Å². The van der Waals surface area contributed by atoms with Crippen LogP contribution in [0.15, 0.2) is 18.2 Å². The molecule has 0 aliphatic carbocycles. The van der Waals surface area contributed by atoms with Crippen molar-refractivity contribution in [1.29, 1.82) is 0 Å². The van der Waals surface area contributed by atoms with Crippen LogP contribution in [0.2, 0.25) is 0 Å². The summed E-state index contributed by atoms with van der Waals surface area (Å²) in [6, 6.07) is 5.59. The second-order valence-corrected chi connectivity index (χ2v) is 3.76. The van der Waals surface area contributed by atoms with Gasteiger partial charge in [-0.15, -0.1) is 0 Å². The molecule has 76 valence electrons. The largest absolute Gasteiger partial charge is 0.491 e. The molecule has 1 aromatic rings. The van der Waals surface area contributed by atoms with Crippen molar-refractivity contribution in [1.82, 2.24) is 0 Å². The summed E-state index contributed by atoms with van der Waals surface area (Å²) in [4.78, 5) is 11.2. The van der Waals surface area contributed by atoms with Crippen LogP contribution in [-0.2, 0) is 0 Å². The lowest BCUT2D eigenvalue weighted by atomic mass is 10.1. The highest BCUT2D eigenvalue weighted by Crippen LogP contribution is 2.18. The fourth-order valence-corrected chi connectivity index (χ4v) is 1.29. The predicted molar refractivity (Wildman–Crippen MR) is 56.9 cm³/mol. The van der Waals surface area contributed by atoms with Crippen LogP contribution >= 0.6 is 0 Å². The first-order valence-corrected chi connectivity index (χ1v) is 4.78. The van der Waals surface area contributed by atoms with Crippen molar-refractivity contribution in [2.75, 3.05) is 0 Å². The van der Waals surface area contributed by atoms with Crippen molar-refractivity contribution in [2.45, 2.75) is 33.8 Å². The Morgan fingerprint density at radius 1 is 1.29 bits per heavy atom. The molecular weight excluding hydrogens is 176 g/mol. The lowest BCUT2D eigenvalue weighted by molar-refractivity contribution is 0.101. The van der Waals surface area contributed by atoms with Gasteiger partial charge in [0.05, 0.1) is 6.10 Å². The van der Waals surface area contributed by atoms with E-state index < -0.39 is 0 Å². The fraction of sp³-hybridized carbons (Fsp3) is 0.417. The summed E-state index contributed by atoms with van der Waals surface area (Å²) in [7, 11) is 0. The van der Waals surface area contributed by atoms with Gasteiger partial charge in [-0.3, -0.25) is 4.79 Å². The summed E-state index contributed by atoms with van der Waals surface area (Å²) in [5.41, 5.74) is 1.76. The monoisotopic (exact) mass is 192 g/mol. The van der Waals surface area contributed by atoms with Crippen molar-refractivity contribution >= 4 is 5.78 Å². The Hall–Kier alpha value is -1.31. The number of Topliss-reactive ketones (excluding diaryl/α,β-unsaturated/α-hetero) is 1. The van der Waals surface area contributed by atoms with Crippen LogP contribution in [0.5, 0.6) is 5.75 Å². The Morgan fingerprint density at radius 3 is 2.43 bits per heavy atom. The Balaban J connectivity index is 3.01. The molecule has 0 saturated heterocycles. The molecule has 0 heterocycles. The maximum atomic E-state index is 11.2. The average molecular weight is 192 g/mol. The Bertz CT molecular complexity index is 340. The molecule has 14 heavy (non-hydrogen) atoms. The molecule has 0 amide bonds. The topological polar surface area (TPSA) is 26.3 Å². The second-order valence-electron chi connectivity index (χ2n) is 3.76. The maximum absolute atomic E-state index is 11.2. The number of rotatable bonds is 3. The molecule has 0 fully saturated rings. The molecule has 0 N–H and O–H groups in total. The van der Waals surface area contributed by atoms with Gasteiger partial charge in [0.25, 0.3) is 0 Å². The zero-order valence-electron chi connectivity index (χ0n) is 9.13. The number of ketones is 1. The summed E-state index contributed by atoms with van der Waals surface area (Å²) < 4.78 is 5.53. The number of hydrogen-bond donors (Lipinski definition) is 0. The molecule has 2 heteroatoms. The van der Waals surface area contributed by atoms with E-state index in [2.05, 4.69) is 0 Å². The van der Waals surface area contributed by atoms with Gasteiger partial charge < -0.3 is 4.74 Å². The molecule has 0 radical (unpaired) electrons. The third-order valence-corrected chi connectivity index (χ3v) is 1.83. The number of benzene rings is 1. The van der Waals surface area contributed by atoms with E-state index in [-0.39, 0.29) is 11.9 Å². The van der Waals surface area contributed by atoms with Gasteiger partial charge in [-0.05, 0) is 51.5 Å². The van der Waals surface area contributed by atoms with Crippen LogP contribution in [0.3, 0.4) is 0 Å². The summed E-state index contributed by atoms with van der Waals surface area (Å²) in [5.74, 6) is 0.840. The highest BCUT2D eigenvalue weighted by atomic mass is 16.5. The zero-order chi connectivity index (χ0) is 10.7. The van der Waals surface area contributed by atoms with Crippen LogP contribution < -0.4 is 4.74 Å². The molecular formula is C12H16O2. The van der Waals surface area contributed by atoms with Crippen molar-refractivity contribution in [3.63, 3.8) is 0 Å². The predicted octanol–water partition coefficient (Wildman–Crippen LogP) is 2.98. The van der Waals surface area contributed by atoms with E-state index in [0.717, 1.165) is 11.3 Å². The molecule has 0 unspecified atom stereocenters. The van der Waals surface area contributed by atoms with E-state index in [9.17, 15) is 4.79 Å². The van der Waals surface area contributed by atoms with Gasteiger partial charge in [0.15, 0.2) is 5.78 Å². The molecule has 0 bridgehead atoms. The molecule has 0 saturated carbocycles. The van der Waals surface area contributed by atoms with Crippen molar-refractivity contribution < 1.29 is 9.53 Å². The SMILES string of the molecule is CC(=O)c1cc(C)cc(OC(C)C)c1. The van der Waals surface area contributed by atoms with E-state index in [1.54, 1.807) is 13.0 Å². The molecule has 1 aromatic carbocycles. The highest BCUT2D eigenvalue weighted by Gasteiger charge is 2.04. The standard InChI is InChI=1S/C12H16O2/c1-8(2)14-12-6-9(3)5-11(7-12)10(4)13/h5-8H,1-4H3. The third kappa shape index (κ3) is 2.87. The lowest BCUT2D eigenvalue weighted by Gasteiger charge is -2.11. The van der Waals surface area contributed by atoms with Gasteiger partial charge in [0, 0.05) is 5.56 Å². The van der Waals surface area contributed by atoms with Crippen LogP contribution in [0, 0.1) is 6.92 Å². The lowest BCUT2D eigenvalue weighted by Crippen LogP contribution is -2.06. The number of ether oxygens (including phenoxy) is 1. The molecule has 1 rings (SSSR count). The first kappa shape index (κ1) is 10.8. The van der Waals surface area contributed by atoms with E-state index in [4.69, 9.17) is 4.74 Å². The Kier molecular flexibility index (Phi) is 3.28. The van der Waals surface area contributed by atoms with Gasteiger partial charge >= 0.3 is 0 Å². The van der Waals surface area contributed by atoms with Gasteiger partial charge in [-0.2, -0.15) is 0 Å². The molecule has 2 nitrogen and oxygen atoms in total. The van der Waals surface area contributed by atoms with Gasteiger partial charge in [-0.25, -0.2) is 0 Å². The normalized spacial score (nSPS) is 10.4. The molecule has 0 aliphatic rings. The van der Waals surface area contributed by atoms with Crippen molar-refractivity contribution in [3.8, 4) is 5.75 Å². The molecule has 0 spiro atoms. The van der Waals surface area contributed by atoms with Crippen molar-refractivity contribution in [3.05, 3.63) is 29.3 Å². The summed E-state index contributed by atoms with van der Waals surface area (Å²) in [5, 5.41) is 0. The summed E-state index contributed by atoms with van der Waals surface area (Å²) in [6.07, 6.45) is 0.136. The van der Waals surface area contributed by atoms with E-state index in [1.807, 2.05) is 32.9 Å². The van der Waals surface area contributed by atoms with Gasteiger partial charge in [0.1, 0.15) is 5.75 Å². The van der Waals surface area contributed by atoms with E-state index in [0.29, 0.717) is 5.56 Å². The fourth-order valence-electron chi connectivity index (χ4n) is 1.29. The smallest absolute Gasteiger partial charge is 0.159 e.